The van der Waals surface area contributed by atoms with Crippen LogP contribution in [0.5, 0.6) is 0 Å². The molecule has 0 aliphatic carbocycles. The molecule has 0 aromatic heterocycles. The van der Waals surface area contributed by atoms with Gasteiger partial charge in [0, 0.05) is 18.8 Å². The summed E-state index contributed by atoms with van der Waals surface area (Å²) in [6.07, 6.45) is 0. The van der Waals surface area contributed by atoms with Gasteiger partial charge in [0.2, 0.25) is 15.9 Å². The molecule has 0 bridgehead atoms. The van der Waals surface area contributed by atoms with Crippen LogP contribution in [0.4, 0.5) is 11.4 Å². The van der Waals surface area contributed by atoms with Gasteiger partial charge in [-0.1, -0.05) is 30.3 Å². The van der Waals surface area contributed by atoms with E-state index in [4.69, 9.17) is 4.74 Å². The number of nitrogens with zero attached hydrogens (tertiary/aromatic N) is 2. The minimum absolute atomic E-state index is 0.0707. The average Bonchev–Trinajstić information content (AvgIpc) is 2.90. The van der Waals surface area contributed by atoms with Crippen molar-refractivity contribution in [2.45, 2.75) is 23.6 Å². The Bertz CT molecular complexity index is 1470. The number of hydrogen-bond acceptors (Lipinski definition) is 6. The maximum atomic E-state index is 13.6. The molecule has 1 saturated heterocycles. The first-order chi connectivity index (χ1) is 17.6. The van der Waals surface area contributed by atoms with Gasteiger partial charge in [-0.15, -0.1) is 0 Å². The maximum absolute atomic E-state index is 13.6. The monoisotopic (exact) mass is 543 g/mol. The molecule has 37 heavy (non-hydrogen) atoms. The number of amides is 1. The van der Waals surface area contributed by atoms with Gasteiger partial charge >= 0.3 is 0 Å². The molecule has 3 aromatic rings. The van der Waals surface area contributed by atoms with Gasteiger partial charge in [-0.05, 0) is 67.4 Å². The van der Waals surface area contributed by atoms with Crippen LogP contribution in [0.2, 0.25) is 0 Å². The lowest BCUT2D eigenvalue weighted by Gasteiger charge is -2.26. The second kappa shape index (κ2) is 11.0. The van der Waals surface area contributed by atoms with E-state index in [9.17, 15) is 21.6 Å². The van der Waals surface area contributed by atoms with Crippen molar-refractivity contribution < 1.29 is 26.4 Å². The molecule has 11 heteroatoms. The van der Waals surface area contributed by atoms with Crippen LogP contribution in [-0.2, 0) is 29.6 Å². The van der Waals surface area contributed by atoms with Crippen molar-refractivity contribution in [1.82, 2.24) is 4.31 Å². The summed E-state index contributed by atoms with van der Waals surface area (Å²) in [5.74, 6) is -0.566. The van der Waals surface area contributed by atoms with Gasteiger partial charge in [-0.3, -0.25) is 9.10 Å². The third kappa shape index (κ3) is 5.85. The van der Waals surface area contributed by atoms with E-state index in [0.717, 1.165) is 15.4 Å². The number of rotatable bonds is 8. The smallest absolute Gasteiger partial charge is 0.264 e. The van der Waals surface area contributed by atoms with Crippen LogP contribution >= 0.6 is 0 Å². The fourth-order valence-corrected chi connectivity index (χ4v) is 6.91. The van der Waals surface area contributed by atoms with E-state index in [1.165, 1.54) is 40.7 Å². The molecule has 1 N–H and O–H groups in total. The highest BCUT2D eigenvalue weighted by Crippen LogP contribution is 2.29. The zero-order chi connectivity index (χ0) is 26.6. The molecule has 0 saturated carbocycles. The normalized spacial score (nSPS) is 14.8. The topological polar surface area (TPSA) is 113 Å². The zero-order valence-corrected chi connectivity index (χ0v) is 22.3. The summed E-state index contributed by atoms with van der Waals surface area (Å²) in [6.45, 7) is 4.47. The molecule has 0 radical (unpaired) electrons. The lowest BCUT2D eigenvalue weighted by atomic mass is 10.1. The minimum Gasteiger partial charge on any atom is -0.379 e. The molecule has 0 unspecified atom stereocenters. The van der Waals surface area contributed by atoms with Crippen LogP contribution in [-0.4, -0.2) is 59.9 Å². The van der Waals surface area contributed by atoms with Crippen LogP contribution in [0.25, 0.3) is 0 Å². The van der Waals surface area contributed by atoms with Gasteiger partial charge in [0.1, 0.15) is 6.54 Å². The summed E-state index contributed by atoms with van der Waals surface area (Å²) in [5, 5.41) is 2.68. The fourth-order valence-electron chi connectivity index (χ4n) is 4.00. The molecule has 1 aliphatic heterocycles. The van der Waals surface area contributed by atoms with Gasteiger partial charge < -0.3 is 10.1 Å². The highest BCUT2D eigenvalue weighted by molar-refractivity contribution is 7.92. The quantitative estimate of drug-likeness (QED) is 0.467. The number of anilines is 2. The second-order valence-electron chi connectivity index (χ2n) is 8.63. The van der Waals surface area contributed by atoms with E-state index < -0.39 is 32.5 Å². The van der Waals surface area contributed by atoms with E-state index in [1.807, 2.05) is 19.9 Å². The predicted molar refractivity (Wildman–Crippen MR) is 142 cm³/mol. The summed E-state index contributed by atoms with van der Waals surface area (Å²) in [7, 11) is -7.71. The molecule has 9 nitrogen and oxygen atoms in total. The van der Waals surface area contributed by atoms with Gasteiger partial charge in [0.05, 0.1) is 28.7 Å². The Kier molecular flexibility index (Phi) is 7.98. The molecule has 196 valence electrons. The second-order valence-corrected chi connectivity index (χ2v) is 12.4. The van der Waals surface area contributed by atoms with Crippen LogP contribution < -0.4 is 9.62 Å². The highest BCUT2D eigenvalue weighted by atomic mass is 32.2. The first kappa shape index (κ1) is 26.8. The standard InChI is InChI=1S/C26H29N3O6S2/c1-20-7-6-10-25(21(20)2)29(37(33,34)23-8-4-3-5-9-23)19-26(30)27-22-11-13-24(14-12-22)36(31,32)28-15-17-35-18-16-28/h3-14H,15-19H2,1-2H3,(H,27,30). The summed E-state index contributed by atoms with van der Waals surface area (Å²) >= 11 is 0. The number of hydrogen-bond donors (Lipinski definition) is 1. The van der Waals surface area contributed by atoms with Gasteiger partial charge in [-0.25, -0.2) is 16.8 Å². The van der Waals surface area contributed by atoms with E-state index in [-0.39, 0.29) is 22.9 Å². The van der Waals surface area contributed by atoms with Crippen LogP contribution in [0.3, 0.4) is 0 Å². The maximum Gasteiger partial charge on any atom is 0.264 e. The average molecular weight is 544 g/mol. The molecule has 0 atom stereocenters. The Morgan fingerprint density at radius 2 is 1.51 bits per heavy atom. The van der Waals surface area contributed by atoms with E-state index in [0.29, 0.717) is 24.6 Å². The van der Waals surface area contributed by atoms with Crippen molar-refractivity contribution in [3.63, 3.8) is 0 Å². The number of morpholine rings is 1. The molecule has 1 heterocycles. The van der Waals surface area contributed by atoms with E-state index in [2.05, 4.69) is 5.32 Å². The zero-order valence-electron chi connectivity index (χ0n) is 20.6. The van der Waals surface area contributed by atoms with Crippen molar-refractivity contribution in [2.75, 3.05) is 42.5 Å². The van der Waals surface area contributed by atoms with Crippen LogP contribution in [0, 0.1) is 13.8 Å². The number of nitrogens with one attached hydrogen (secondary N) is 1. The van der Waals surface area contributed by atoms with Crippen molar-refractivity contribution in [3.8, 4) is 0 Å². The Morgan fingerprint density at radius 3 is 2.16 bits per heavy atom. The van der Waals surface area contributed by atoms with Gasteiger partial charge in [0.15, 0.2) is 0 Å². The first-order valence-corrected chi connectivity index (χ1v) is 14.6. The number of benzene rings is 3. The van der Waals surface area contributed by atoms with Gasteiger partial charge in [-0.2, -0.15) is 4.31 Å². The highest BCUT2D eigenvalue weighted by Gasteiger charge is 2.29. The Morgan fingerprint density at radius 1 is 0.865 bits per heavy atom. The number of carbonyl (C=O) groups is 1. The number of aryl methyl sites for hydroxylation is 1. The third-order valence-electron chi connectivity index (χ3n) is 6.21. The van der Waals surface area contributed by atoms with Crippen LogP contribution in [0.1, 0.15) is 11.1 Å². The number of carbonyl (C=O) groups excluding carboxylic acids is 1. The van der Waals surface area contributed by atoms with Gasteiger partial charge in [0.25, 0.3) is 10.0 Å². The summed E-state index contributed by atoms with van der Waals surface area (Å²) in [4.78, 5) is 13.2. The molecular formula is C26H29N3O6S2. The van der Waals surface area contributed by atoms with Crippen molar-refractivity contribution in [2.24, 2.45) is 0 Å². The summed E-state index contributed by atoms with van der Waals surface area (Å²) in [6, 6.07) is 19.0. The number of ether oxygens (including phenoxy) is 1. The predicted octanol–water partition coefficient (Wildman–Crippen LogP) is 3.16. The largest absolute Gasteiger partial charge is 0.379 e. The molecule has 4 rings (SSSR count). The number of sulfonamides is 2. The molecule has 1 aliphatic rings. The van der Waals surface area contributed by atoms with Crippen molar-refractivity contribution in [3.05, 3.63) is 83.9 Å². The lowest BCUT2D eigenvalue weighted by Crippen LogP contribution is -2.40. The first-order valence-electron chi connectivity index (χ1n) is 11.7. The van der Waals surface area contributed by atoms with Crippen molar-refractivity contribution in [1.29, 1.82) is 0 Å². The molecule has 1 amide bonds. The third-order valence-corrected chi connectivity index (χ3v) is 9.90. The van der Waals surface area contributed by atoms with E-state index >= 15 is 0 Å². The SMILES string of the molecule is Cc1cccc(N(CC(=O)Nc2ccc(S(=O)(=O)N3CCOCC3)cc2)S(=O)(=O)c2ccccc2)c1C. The Labute approximate surface area is 217 Å². The Hall–Kier alpha value is -3.25. The molecule has 0 spiro atoms. The molecule has 1 fully saturated rings. The van der Waals surface area contributed by atoms with Crippen LogP contribution in [0.15, 0.2) is 82.6 Å². The van der Waals surface area contributed by atoms with E-state index in [1.54, 1.807) is 30.3 Å². The molecular weight excluding hydrogens is 514 g/mol. The fraction of sp³-hybridized carbons (Fsp3) is 0.269. The molecule has 3 aromatic carbocycles. The Balaban J connectivity index is 1.56. The lowest BCUT2D eigenvalue weighted by molar-refractivity contribution is -0.114. The summed E-state index contributed by atoms with van der Waals surface area (Å²) in [5.41, 5.74) is 2.39. The summed E-state index contributed by atoms with van der Waals surface area (Å²) < 4.78 is 60.5. The van der Waals surface area contributed by atoms with Crippen molar-refractivity contribution >= 4 is 37.3 Å². The minimum atomic E-state index is -4.04.